The SMILES string of the molecule is Cc1cccc2nc(CN3c4cccc5cccc(c45)S3(=O)=O)cc(=O)n12. The number of hydrogen-bond acceptors (Lipinski definition) is 4. The number of anilines is 1. The third-order valence-electron chi connectivity index (χ3n) is 4.92. The fourth-order valence-corrected chi connectivity index (χ4v) is 5.40. The molecule has 1 aliphatic rings. The molecule has 5 rings (SSSR count). The minimum Gasteiger partial charge on any atom is -0.269 e. The van der Waals surface area contributed by atoms with Crippen molar-refractivity contribution in [1.29, 1.82) is 0 Å². The Morgan fingerprint density at radius 1 is 1.00 bits per heavy atom. The second kappa shape index (κ2) is 5.40. The highest BCUT2D eigenvalue weighted by atomic mass is 32.2. The Bertz CT molecular complexity index is 1400. The van der Waals surface area contributed by atoms with Gasteiger partial charge in [-0.1, -0.05) is 30.3 Å². The summed E-state index contributed by atoms with van der Waals surface area (Å²) in [7, 11) is -3.69. The number of fused-ring (bicyclic) bond motifs is 1. The van der Waals surface area contributed by atoms with Crippen molar-refractivity contribution in [3.63, 3.8) is 0 Å². The topological polar surface area (TPSA) is 71.8 Å². The highest BCUT2D eigenvalue weighted by Gasteiger charge is 2.35. The number of aryl methyl sites for hydroxylation is 1. The molecule has 0 unspecified atom stereocenters. The Morgan fingerprint density at radius 2 is 1.74 bits per heavy atom. The van der Waals surface area contributed by atoms with E-state index in [1.807, 2.05) is 37.3 Å². The summed E-state index contributed by atoms with van der Waals surface area (Å²) in [5, 5.41) is 1.59. The third-order valence-corrected chi connectivity index (χ3v) is 6.72. The van der Waals surface area contributed by atoms with Gasteiger partial charge >= 0.3 is 0 Å². The maximum atomic E-state index is 13.1. The number of aromatic nitrogens is 2. The van der Waals surface area contributed by atoms with E-state index in [9.17, 15) is 13.2 Å². The molecule has 7 heteroatoms. The van der Waals surface area contributed by atoms with Gasteiger partial charge in [0.1, 0.15) is 5.65 Å². The van der Waals surface area contributed by atoms with Crippen LogP contribution in [-0.2, 0) is 16.6 Å². The zero-order chi connectivity index (χ0) is 18.8. The molecule has 1 aliphatic heterocycles. The van der Waals surface area contributed by atoms with Crippen LogP contribution in [-0.4, -0.2) is 17.8 Å². The lowest BCUT2D eigenvalue weighted by atomic mass is 10.1. The maximum absolute atomic E-state index is 13.1. The number of benzene rings is 2. The molecule has 0 fully saturated rings. The summed E-state index contributed by atoms with van der Waals surface area (Å²) < 4.78 is 29.0. The first-order valence-corrected chi connectivity index (χ1v) is 9.94. The summed E-state index contributed by atoms with van der Waals surface area (Å²) in [4.78, 5) is 17.3. The van der Waals surface area contributed by atoms with Gasteiger partial charge < -0.3 is 0 Å². The molecular formula is C20H15N3O3S. The van der Waals surface area contributed by atoms with Gasteiger partial charge in [-0.3, -0.25) is 13.5 Å². The molecule has 0 atom stereocenters. The van der Waals surface area contributed by atoms with Gasteiger partial charge in [0.25, 0.3) is 15.6 Å². The first-order valence-electron chi connectivity index (χ1n) is 8.49. The number of hydrogen-bond donors (Lipinski definition) is 0. The van der Waals surface area contributed by atoms with Crippen LogP contribution < -0.4 is 9.86 Å². The molecule has 2 aromatic heterocycles. The van der Waals surface area contributed by atoms with Gasteiger partial charge in [-0.15, -0.1) is 0 Å². The average Bonchev–Trinajstić information content (AvgIpc) is 2.85. The van der Waals surface area contributed by atoms with Crippen LogP contribution in [0.25, 0.3) is 16.4 Å². The Kier molecular flexibility index (Phi) is 3.21. The van der Waals surface area contributed by atoms with E-state index in [0.717, 1.165) is 11.1 Å². The van der Waals surface area contributed by atoms with Crippen LogP contribution in [0.15, 0.2) is 70.4 Å². The molecule has 0 N–H and O–H groups in total. The summed E-state index contributed by atoms with van der Waals surface area (Å²) in [5.74, 6) is 0. The van der Waals surface area contributed by atoms with Crippen molar-refractivity contribution < 1.29 is 8.42 Å². The molecule has 2 aromatic carbocycles. The molecule has 0 bridgehead atoms. The normalized spacial score (nSPS) is 14.9. The van der Waals surface area contributed by atoms with Gasteiger partial charge in [0, 0.05) is 17.1 Å². The standard InChI is InChI=1S/C20H15N3O3S/c1-13-5-2-10-18-21-15(11-19(24)23(13)18)12-22-16-8-3-6-14-7-4-9-17(20(14)16)27(22,25)26/h2-11H,12H2,1H3. The van der Waals surface area contributed by atoms with E-state index >= 15 is 0 Å². The third kappa shape index (κ3) is 2.21. The first-order chi connectivity index (χ1) is 13.0. The summed E-state index contributed by atoms with van der Waals surface area (Å²) in [5.41, 5.74) is 2.10. The summed E-state index contributed by atoms with van der Waals surface area (Å²) >= 11 is 0. The average molecular weight is 377 g/mol. The van der Waals surface area contributed by atoms with E-state index in [-0.39, 0.29) is 12.1 Å². The highest BCUT2D eigenvalue weighted by Crippen LogP contribution is 2.42. The number of pyridine rings is 1. The molecule has 0 radical (unpaired) electrons. The Labute approximate surface area is 155 Å². The quantitative estimate of drug-likeness (QED) is 0.539. The Morgan fingerprint density at radius 3 is 2.56 bits per heavy atom. The van der Waals surface area contributed by atoms with Crippen molar-refractivity contribution in [1.82, 2.24) is 9.38 Å². The fraction of sp³-hybridized carbons (Fsp3) is 0.100. The van der Waals surface area contributed by atoms with Crippen LogP contribution in [0.2, 0.25) is 0 Å². The van der Waals surface area contributed by atoms with E-state index < -0.39 is 10.0 Å². The molecular weight excluding hydrogens is 362 g/mol. The van der Waals surface area contributed by atoms with Crippen molar-refractivity contribution in [3.8, 4) is 0 Å². The summed E-state index contributed by atoms with van der Waals surface area (Å²) in [6, 6.07) is 17.6. The molecule has 134 valence electrons. The summed E-state index contributed by atoms with van der Waals surface area (Å²) in [6.07, 6.45) is 0. The van der Waals surface area contributed by atoms with E-state index in [4.69, 9.17) is 0 Å². The van der Waals surface area contributed by atoms with Crippen molar-refractivity contribution in [2.24, 2.45) is 0 Å². The van der Waals surface area contributed by atoms with E-state index in [1.54, 1.807) is 24.3 Å². The molecule has 0 saturated heterocycles. The second-order valence-corrected chi connectivity index (χ2v) is 8.42. The lowest BCUT2D eigenvalue weighted by Crippen LogP contribution is -2.28. The molecule has 0 spiro atoms. The lowest BCUT2D eigenvalue weighted by molar-refractivity contribution is 0.593. The van der Waals surface area contributed by atoms with Crippen molar-refractivity contribution in [2.45, 2.75) is 18.4 Å². The highest BCUT2D eigenvalue weighted by molar-refractivity contribution is 7.93. The minimum absolute atomic E-state index is 0.00973. The van der Waals surface area contributed by atoms with Gasteiger partial charge in [0.2, 0.25) is 0 Å². The molecule has 0 aliphatic carbocycles. The van der Waals surface area contributed by atoms with Gasteiger partial charge in [0.05, 0.1) is 22.8 Å². The van der Waals surface area contributed by atoms with Crippen LogP contribution in [0.1, 0.15) is 11.4 Å². The van der Waals surface area contributed by atoms with Gasteiger partial charge in [-0.25, -0.2) is 13.4 Å². The van der Waals surface area contributed by atoms with Crippen molar-refractivity contribution in [3.05, 3.63) is 82.4 Å². The van der Waals surface area contributed by atoms with Crippen LogP contribution in [0.4, 0.5) is 5.69 Å². The second-order valence-electron chi connectivity index (χ2n) is 6.59. The smallest absolute Gasteiger partial charge is 0.265 e. The zero-order valence-electron chi connectivity index (χ0n) is 14.5. The number of rotatable bonds is 2. The zero-order valence-corrected chi connectivity index (χ0v) is 15.3. The fourth-order valence-electron chi connectivity index (χ4n) is 3.72. The van der Waals surface area contributed by atoms with E-state index in [0.29, 0.717) is 27.3 Å². The number of nitrogens with zero attached hydrogens (tertiary/aromatic N) is 3. The van der Waals surface area contributed by atoms with Gasteiger partial charge in [0.15, 0.2) is 0 Å². The largest absolute Gasteiger partial charge is 0.269 e. The Balaban J connectivity index is 1.68. The maximum Gasteiger partial charge on any atom is 0.265 e. The van der Waals surface area contributed by atoms with Crippen molar-refractivity contribution >= 4 is 32.1 Å². The predicted octanol–water partition coefficient (Wildman–Crippen LogP) is 2.87. The first kappa shape index (κ1) is 16.0. The molecule has 3 heterocycles. The van der Waals surface area contributed by atoms with Crippen LogP contribution in [0.5, 0.6) is 0 Å². The molecule has 4 aromatic rings. The summed E-state index contributed by atoms with van der Waals surface area (Å²) in [6.45, 7) is 1.84. The van der Waals surface area contributed by atoms with Gasteiger partial charge in [-0.05, 0) is 36.6 Å². The molecule has 27 heavy (non-hydrogen) atoms. The number of sulfonamides is 1. The van der Waals surface area contributed by atoms with E-state index in [1.165, 1.54) is 14.8 Å². The molecule has 6 nitrogen and oxygen atoms in total. The lowest BCUT2D eigenvalue weighted by Gasteiger charge is -2.18. The Hall–Kier alpha value is -3.19. The van der Waals surface area contributed by atoms with Gasteiger partial charge in [-0.2, -0.15) is 0 Å². The van der Waals surface area contributed by atoms with Crippen molar-refractivity contribution in [2.75, 3.05) is 4.31 Å². The monoisotopic (exact) mass is 377 g/mol. The predicted molar refractivity (Wildman–Crippen MR) is 104 cm³/mol. The van der Waals surface area contributed by atoms with E-state index in [2.05, 4.69) is 4.98 Å². The van der Waals surface area contributed by atoms with Crippen LogP contribution >= 0.6 is 0 Å². The molecule has 0 saturated carbocycles. The minimum atomic E-state index is -3.69. The molecule has 0 amide bonds. The van der Waals surface area contributed by atoms with Crippen LogP contribution in [0.3, 0.4) is 0 Å². The van der Waals surface area contributed by atoms with Crippen LogP contribution in [0, 0.1) is 6.92 Å².